The lowest BCUT2D eigenvalue weighted by Gasteiger charge is -2.37. The summed E-state index contributed by atoms with van der Waals surface area (Å²) in [5.41, 5.74) is 13.8. The third-order valence-corrected chi connectivity index (χ3v) is 14.4. The Bertz CT molecular complexity index is 1950. The molecule has 1 spiro atoms. The standard InChI is InChI=1S/C51H67N2P/c1-15-45(43-22-18-25-51(43)26-24-35-20-17-23-44(46(35)51)52-33-40-21-16-19-34(2)53-40)54(41-29-36(47(3,4)5)27-37(30-41)48(6,7)8)42-31-38(49(9,10)11)28-39(32-42)50(12,13)14/h15-17,19-23,27-32,52H,18,24-26,33H2,1-14H3/b45-15+/t51-/m0/s1. The van der Waals surface area contributed by atoms with Crippen LogP contribution in [0.3, 0.4) is 0 Å². The van der Waals surface area contributed by atoms with Gasteiger partial charge in [-0.25, -0.2) is 0 Å². The van der Waals surface area contributed by atoms with Gasteiger partial charge in [-0.15, -0.1) is 0 Å². The van der Waals surface area contributed by atoms with Crippen molar-refractivity contribution in [3.05, 3.63) is 141 Å². The number of hydrogen-bond donors (Lipinski definition) is 1. The van der Waals surface area contributed by atoms with Crippen molar-refractivity contribution in [3.63, 3.8) is 0 Å². The van der Waals surface area contributed by atoms with E-state index in [1.165, 1.54) is 55.0 Å². The lowest BCUT2D eigenvalue weighted by atomic mass is 9.75. The van der Waals surface area contributed by atoms with Crippen LogP contribution in [0.4, 0.5) is 5.69 Å². The SMILES string of the molecule is C/C=C(\C1=CCC[C@]12CCc1cccc(NCc3cccc(C)n3)c12)P(c1cc(C(C)(C)C)cc(C(C)(C)C)c1)c1cc(C(C)(C)C)cc(C(C)(C)C)c1. The van der Waals surface area contributed by atoms with Crippen LogP contribution in [-0.4, -0.2) is 4.98 Å². The molecule has 0 fully saturated rings. The Hall–Kier alpha value is -3.48. The molecule has 3 aromatic carbocycles. The predicted octanol–water partition coefficient (Wildman–Crippen LogP) is 13.1. The van der Waals surface area contributed by atoms with Gasteiger partial charge < -0.3 is 5.32 Å². The van der Waals surface area contributed by atoms with Crippen LogP contribution in [0.1, 0.15) is 154 Å². The molecule has 1 N–H and O–H groups in total. The van der Waals surface area contributed by atoms with E-state index in [9.17, 15) is 0 Å². The second-order valence-electron chi connectivity index (χ2n) is 20.2. The van der Waals surface area contributed by atoms with Crippen LogP contribution in [0.25, 0.3) is 0 Å². The number of allylic oxidation sites excluding steroid dienone is 4. The fourth-order valence-corrected chi connectivity index (χ4v) is 11.3. The van der Waals surface area contributed by atoms with E-state index in [0.29, 0.717) is 0 Å². The highest BCUT2D eigenvalue weighted by Crippen LogP contribution is 2.61. The summed E-state index contributed by atoms with van der Waals surface area (Å²) in [5, 5.41) is 8.38. The molecule has 6 rings (SSSR count). The second kappa shape index (κ2) is 14.5. The van der Waals surface area contributed by atoms with Gasteiger partial charge in [0.2, 0.25) is 0 Å². The molecule has 0 aliphatic heterocycles. The van der Waals surface area contributed by atoms with Gasteiger partial charge in [-0.1, -0.05) is 150 Å². The molecule has 4 aromatic rings. The van der Waals surface area contributed by atoms with Crippen molar-refractivity contribution in [1.82, 2.24) is 4.98 Å². The van der Waals surface area contributed by atoms with Crippen molar-refractivity contribution < 1.29 is 0 Å². The van der Waals surface area contributed by atoms with Crippen LogP contribution < -0.4 is 15.9 Å². The molecular weight excluding hydrogens is 672 g/mol. The van der Waals surface area contributed by atoms with Crippen LogP contribution in [-0.2, 0) is 40.0 Å². The number of benzene rings is 3. The Morgan fingerprint density at radius 1 is 0.704 bits per heavy atom. The van der Waals surface area contributed by atoms with Crippen LogP contribution in [0.5, 0.6) is 0 Å². The molecule has 1 aromatic heterocycles. The number of rotatable bonds is 7. The zero-order chi connectivity index (χ0) is 39.4. The average Bonchev–Trinajstić information content (AvgIpc) is 3.68. The quantitative estimate of drug-likeness (QED) is 0.191. The maximum absolute atomic E-state index is 4.83. The lowest BCUT2D eigenvalue weighted by Crippen LogP contribution is -2.28. The summed E-state index contributed by atoms with van der Waals surface area (Å²) in [5.74, 6) is 0. The van der Waals surface area contributed by atoms with E-state index >= 15 is 0 Å². The molecule has 0 saturated heterocycles. The highest BCUT2D eigenvalue weighted by atomic mass is 31.1. The minimum atomic E-state index is -0.905. The van der Waals surface area contributed by atoms with E-state index in [2.05, 4.69) is 187 Å². The summed E-state index contributed by atoms with van der Waals surface area (Å²) in [4.78, 5) is 4.83. The average molecular weight is 739 g/mol. The van der Waals surface area contributed by atoms with Gasteiger partial charge in [0, 0.05) is 16.8 Å². The van der Waals surface area contributed by atoms with E-state index in [0.717, 1.165) is 43.6 Å². The molecule has 2 nitrogen and oxygen atoms in total. The van der Waals surface area contributed by atoms with E-state index in [1.54, 1.807) is 5.57 Å². The van der Waals surface area contributed by atoms with Gasteiger partial charge in [-0.2, -0.15) is 0 Å². The first-order chi connectivity index (χ1) is 25.1. The molecule has 0 bridgehead atoms. The Morgan fingerprint density at radius 3 is 1.70 bits per heavy atom. The van der Waals surface area contributed by atoms with Gasteiger partial charge in [-0.3, -0.25) is 4.98 Å². The molecule has 0 radical (unpaired) electrons. The smallest absolute Gasteiger partial charge is 0.0597 e. The molecule has 1 atom stereocenters. The monoisotopic (exact) mass is 739 g/mol. The van der Waals surface area contributed by atoms with E-state index in [1.807, 2.05) is 0 Å². The van der Waals surface area contributed by atoms with E-state index in [-0.39, 0.29) is 27.1 Å². The zero-order valence-corrected chi connectivity index (χ0v) is 36.9. The molecule has 2 aliphatic carbocycles. The summed E-state index contributed by atoms with van der Waals surface area (Å²) in [6.45, 7) is 33.6. The third kappa shape index (κ3) is 8.07. The number of hydrogen-bond acceptors (Lipinski definition) is 2. The Labute approximate surface area is 330 Å². The third-order valence-electron chi connectivity index (χ3n) is 11.9. The summed E-state index contributed by atoms with van der Waals surface area (Å²) in [6, 6.07) is 28.6. The summed E-state index contributed by atoms with van der Waals surface area (Å²) in [6.07, 6.45) is 9.67. The second-order valence-corrected chi connectivity index (χ2v) is 22.4. The maximum atomic E-state index is 4.83. The number of nitrogens with zero attached hydrogens (tertiary/aromatic N) is 1. The zero-order valence-electron chi connectivity index (χ0n) is 36.0. The van der Waals surface area contributed by atoms with Gasteiger partial charge in [0.25, 0.3) is 0 Å². The fourth-order valence-electron chi connectivity index (χ4n) is 8.58. The molecule has 286 valence electrons. The number of anilines is 1. The van der Waals surface area contributed by atoms with Crippen molar-refractivity contribution in [3.8, 4) is 0 Å². The fraction of sp³-hybridized carbons (Fsp3) is 0.471. The first kappa shape index (κ1) is 40.2. The molecule has 0 amide bonds. The van der Waals surface area contributed by atoms with Crippen molar-refractivity contribution in [2.24, 2.45) is 0 Å². The van der Waals surface area contributed by atoms with Crippen molar-refractivity contribution >= 4 is 24.2 Å². The van der Waals surface area contributed by atoms with Gasteiger partial charge in [-0.05, 0) is 142 Å². The normalized spacial score (nSPS) is 18.1. The Balaban J connectivity index is 1.58. The molecule has 0 saturated carbocycles. The van der Waals surface area contributed by atoms with Gasteiger partial charge >= 0.3 is 0 Å². The van der Waals surface area contributed by atoms with Gasteiger partial charge in [0.05, 0.1) is 12.2 Å². The van der Waals surface area contributed by atoms with Crippen LogP contribution in [0.2, 0.25) is 0 Å². The largest absolute Gasteiger partial charge is 0.379 e. The molecule has 0 unspecified atom stereocenters. The van der Waals surface area contributed by atoms with Crippen molar-refractivity contribution in [1.29, 1.82) is 0 Å². The van der Waals surface area contributed by atoms with Crippen LogP contribution in [0.15, 0.2) is 95.8 Å². The van der Waals surface area contributed by atoms with Gasteiger partial charge in [0.1, 0.15) is 0 Å². The van der Waals surface area contributed by atoms with Crippen molar-refractivity contribution in [2.45, 2.75) is 156 Å². The molecular formula is C51H67N2P. The maximum Gasteiger partial charge on any atom is 0.0597 e. The Morgan fingerprint density at radius 2 is 1.22 bits per heavy atom. The summed E-state index contributed by atoms with van der Waals surface area (Å²) >= 11 is 0. The first-order valence-electron chi connectivity index (χ1n) is 20.4. The minimum absolute atomic E-state index is 0.0234. The highest BCUT2D eigenvalue weighted by Gasteiger charge is 2.47. The molecule has 3 heteroatoms. The number of nitrogens with one attached hydrogen (secondary N) is 1. The highest BCUT2D eigenvalue weighted by molar-refractivity contribution is 7.77. The van der Waals surface area contributed by atoms with Crippen molar-refractivity contribution in [2.75, 3.05) is 5.32 Å². The first-order valence-corrected chi connectivity index (χ1v) is 21.7. The minimum Gasteiger partial charge on any atom is -0.379 e. The topological polar surface area (TPSA) is 24.9 Å². The number of aryl methyl sites for hydroxylation is 2. The van der Waals surface area contributed by atoms with Crippen LogP contribution in [0, 0.1) is 6.92 Å². The number of pyridine rings is 1. The van der Waals surface area contributed by atoms with Crippen LogP contribution >= 0.6 is 7.92 Å². The number of aromatic nitrogens is 1. The predicted molar refractivity (Wildman–Crippen MR) is 238 cm³/mol. The molecule has 54 heavy (non-hydrogen) atoms. The lowest BCUT2D eigenvalue weighted by molar-refractivity contribution is 0.502. The Kier molecular flexibility index (Phi) is 10.8. The van der Waals surface area contributed by atoms with Gasteiger partial charge in [0.15, 0.2) is 0 Å². The van der Waals surface area contributed by atoms with E-state index < -0.39 is 7.92 Å². The summed E-state index contributed by atoms with van der Waals surface area (Å²) in [7, 11) is -0.905. The summed E-state index contributed by atoms with van der Waals surface area (Å²) < 4.78 is 0. The van der Waals surface area contributed by atoms with E-state index in [4.69, 9.17) is 4.98 Å². The molecule has 1 heterocycles. The molecule has 2 aliphatic rings. The number of fused-ring (bicyclic) bond motifs is 2.